The Bertz CT molecular complexity index is 806. The maximum atomic E-state index is 12.0. The van der Waals surface area contributed by atoms with Gasteiger partial charge in [-0.2, -0.15) is 0 Å². The van der Waals surface area contributed by atoms with Gasteiger partial charge in [0.15, 0.2) is 0 Å². The summed E-state index contributed by atoms with van der Waals surface area (Å²) in [7, 11) is 0. The zero-order valence-corrected chi connectivity index (χ0v) is 19.7. The van der Waals surface area contributed by atoms with Gasteiger partial charge in [0.25, 0.3) is 0 Å². The van der Waals surface area contributed by atoms with E-state index in [0.717, 1.165) is 47.3 Å². The number of carbonyl (C=O) groups is 1. The van der Waals surface area contributed by atoms with Crippen molar-refractivity contribution in [1.29, 1.82) is 0 Å². The lowest BCUT2D eigenvalue weighted by Gasteiger charge is -2.30. The molecule has 4 heteroatoms. The monoisotopic (exact) mass is 402 g/mol. The van der Waals surface area contributed by atoms with Gasteiger partial charge in [-0.1, -0.05) is 53.2 Å². The molecule has 1 atom stereocenters. The van der Waals surface area contributed by atoms with E-state index in [9.17, 15) is 9.90 Å². The second-order valence-corrected chi connectivity index (χ2v) is 10.7. The van der Waals surface area contributed by atoms with Crippen molar-refractivity contribution in [3.8, 4) is 11.5 Å². The lowest BCUT2D eigenvalue weighted by molar-refractivity contribution is -0.132. The van der Waals surface area contributed by atoms with Crippen molar-refractivity contribution in [3.05, 3.63) is 34.4 Å². The van der Waals surface area contributed by atoms with Gasteiger partial charge in [0.2, 0.25) is 0 Å². The summed E-state index contributed by atoms with van der Waals surface area (Å²) in [5, 5.41) is 9.23. The van der Waals surface area contributed by atoms with E-state index in [-0.39, 0.29) is 29.0 Å². The summed E-state index contributed by atoms with van der Waals surface area (Å²) in [6.45, 7) is 18.5. The molecule has 0 fully saturated rings. The number of hydrogen-bond donors (Lipinski definition) is 1. The Morgan fingerprint density at radius 2 is 1.83 bits per heavy atom. The van der Waals surface area contributed by atoms with Crippen LogP contribution in [0.4, 0.5) is 0 Å². The molecule has 0 saturated carbocycles. The highest BCUT2D eigenvalue weighted by Gasteiger charge is 2.41. The third kappa shape index (κ3) is 5.42. The molecule has 0 bridgehead atoms. The van der Waals surface area contributed by atoms with Gasteiger partial charge >= 0.3 is 5.97 Å². The maximum absolute atomic E-state index is 12.0. The molecule has 2 rings (SSSR count). The molecule has 0 amide bonds. The quantitative estimate of drug-likeness (QED) is 0.394. The SMILES string of the molecule is CC(=O)Oc1c(C(C)(C)C)cc2c(c1C(C)(C)C)CC(C)(CCC=C(C)CO)O2. The Morgan fingerprint density at radius 3 is 2.31 bits per heavy atom. The van der Waals surface area contributed by atoms with Crippen LogP contribution in [0.15, 0.2) is 17.7 Å². The molecule has 0 spiro atoms. The first kappa shape index (κ1) is 23.5. The average Bonchev–Trinajstić information content (AvgIpc) is 2.86. The fourth-order valence-electron chi connectivity index (χ4n) is 4.05. The second kappa shape index (κ2) is 8.14. The van der Waals surface area contributed by atoms with Gasteiger partial charge in [-0.3, -0.25) is 4.79 Å². The Labute approximate surface area is 176 Å². The summed E-state index contributed by atoms with van der Waals surface area (Å²) >= 11 is 0. The molecular weight excluding hydrogens is 364 g/mol. The fourth-order valence-corrected chi connectivity index (χ4v) is 4.05. The van der Waals surface area contributed by atoms with E-state index < -0.39 is 0 Å². The van der Waals surface area contributed by atoms with Crippen molar-refractivity contribution in [2.45, 2.75) is 98.0 Å². The minimum absolute atomic E-state index is 0.0899. The number of aliphatic hydroxyl groups excluding tert-OH is 1. The minimum atomic E-state index is -0.321. The molecule has 1 aliphatic rings. The largest absolute Gasteiger partial charge is 0.487 e. The molecule has 1 N–H and O–H groups in total. The third-order valence-electron chi connectivity index (χ3n) is 5.47. The number of esters is 1. The number of allylic oxidation sites excluding steroid dienone is 1. The summed E-state index contributed by atoms with van der Waals surface area (Å²) in [5.41, 5.74) is 3.48. The van der Waals surface area contributed by atoms with E-state index in [1.807, 2.05) is 6.92 Å². The predicted octanol–water partition coefficient (Wildman–Crippen LogP) is 5.62. The van der Waals surface area contributed by atoms with E-state index >= 15 is 0 Å². The highest BCUT2D eigenvalue weighted by molar-refractivity contribution is 5.72. The minimum Gasteiger partial charge on any atom is -0.487 e. The topological polar surface area (TPSA) is 55.8 Å². The summed E-state index contributed by atoms with van der Waals surface area (Å²) < 4.78 is 12.3. The molecule has 4 nitrogen and oxygen atoms in total. The number of carbonyl (C=O) groups excluding carboxylic acids is 1. The molecule has 0 aliphatic carbocycles. The van der Waals surface area contributed by atoms with Crippen molar-refractivity contribution >= 4 is 5.97 Å². The predicted molar refractivity (Wildman–Crippen MR) is 118 cm³/mol. The van der Waals surface area contributed by atoms with Crippen LogP contribution in [-0.4, -0.2) is 23.3 Å². The average molecular weight is 403 g/mol. The van der Waals surface area contributed by atoms with E-state index in [0.29, 0.717) is 5.75 Å². The van der Waals surface area contributed by atoms with E-state index in [2.05, 4.69) is 60.6 Å². The van der Waals surface area contributed by atoms with Crippen molar-refractivity contribution < 1.29 is 19.4 Å². The Balaban J connectivity index is 2.58. The van der Waals surface area contributed by atoms with Crippen molar-refractivity contribution in [2.75, 3.05) is 6.61 Å². The van der Waals surface area contributed by atoms with Crippen LogP contribution >= 0.6 is 0 Å². The zero-order valence-electron chi connectivity index (χ0n) is 19.7. The van der Waals surface area contributed by atoms with E-state index in [4.69, 9.17) is 9.47 Å². The lowest BCUT2D eigenvalue weighted by atomic mass is 9.75. The number of hydrogen-bond acceptors (Lipinski definition) is 4. The molecule has 0 radical (unpaired) electrons. The Kier molecular flexibility index (Phi) is 6.59. The summed E-state index contributed by atoms with van der Waals surface area (Å²) in [4.78, 5) is 12.0. The molecule has 29 heavy (non-hydrogen) atoms. The molecule has 162 valence electrons. The van der Waals surface area contributed by atoms with Gasteiger partial charge < -0.3 is 14.6 Å². The van der Waals surface area contributed by atoms with Gasteiger partial charge in [0.05, 0.1) is 6.61 Å². The van der Waals surface area contributed by atoms with E-state index in [1.165, 1.54) is 6.92 Å². The van der Waals surface area contributed by atoms with Gasteiger partial charge in [-0.15, -0.1) is 0 Å². The molecule has 1 unspecified atom stereocenters. The summed E-state index contributed by atoms with van der Waals surface area (Å²) in [6, 6.07) is 2.07. The first-order chi connectivity index (χ1) is 13.2. The molecule has 0 saturated heterocycles. The Hall–Kier alpha value is -1.81. The van der Waals surface area contributed by atoms with E-state index in [1.54, 1.807) is 0 Å². The smallest absolute Gasteiger partial charge is 0.308 e. The van der Waals surface area contributed by atoms with Crippen LogP contribution in [-0.2, 0) is 22.0 Å². The van der Waals surface area contributed by atoms with Crippen LogP contribution in [0.5, 0.6) is 11.5 Å². The van der Waals surface area contributed by atoms with Gasteiger partial charge in [-0.25, -0.2) is 0 Å². The molecule has 1 heterocycles. The highest BCUT2D eigenvalue weighted by atomic mass is 16.5. The number of aliphatic hydroxyl groups is 1. The van der Waals surface area contributed by atoms with Crippen molar-refractivity contribution in [3.63, 3.8) is 0 Å². The normalized spacial score (nSPS) is 19.7. The summed E-state index contributed by atoms with van der Waals surface area (Å²) in [6.07, 6.45) is 4.56. The van der Waals surface area contributed by atoms with Crippen LogP contribution in [0.25, 0.3) is 0 Å². The van der Waals surface area contributed by atoms with Gasteiger partial charge in [0.1, 0.15) is 17.1 Å². The Morgan fingerprint density at radius 1 is 1.21 bits per heavy atom. The number of rotatable bonds is 5. The number of benzene rings is 1. The second-order valence-electron chi connectivity index (χ2n) is 10.7. The maximum Gasteiger partial charge on any atom is 0.308 e. The summed E-state index contributed by atoms with van der Waals surface area (Å²) in [5.74, 6) is 1.30. The lowest BCUT2D eigenvalue weighted by Crippen LogP contribution is -2.30. The molecule has 1 aromatic carbocycles. The molecule has 1 aromatic rings. The zero-order chi connectivity index (χ0) is 22.2. The van der Waals surface area contributed by atoms with Crippen LogP contribution in [0.2, 0.25) is 0 Å². The van der Waals surface area contributed by atoms with Crippen molar-refractivity contribution in [1.82, 2.24) is 0 Å². The standard InChI is InChI=1S/C25H38O4/c1-16(15-26)11-10-12-25(9)14-18-20(29-25)13-19(23(3,4)5)22(28-17(2)27)21(18)24(6,7)8/h11,13,26H,10,12,14-15H2,1-9H3. The van der Waals surface area contributed by atoms with Crippen LogP contribution in [0.1, 0.15) is 91.8 Å². The third-order valence-corrected chi connectivity index (χ3v) is 5.47. The van der Waals surface area contributed by atoms with Gasteiger partial charge in [-0.05, 0) is 43.6 Å². The number of fused-ring (bicyclic) bond motifs is 1. The molecule has 0 aromatic heterocycles. The number of ether oxygens (including phenoxy) is 2. The first-order valence-corrected chi connectivity index (χ1v) is 10.5. The van der Waals surface area contributed by atoms with Crippen molar-refractivity contribution in [2.24, 2.45) is 0 Å². The molecular formula is C25H38O4. The fraction of sp³-hybridized carbons (Fsp3) is 0.640. The van der Waals surface area contributed by atoms with Crippen LogP contribution in [0, 0.1) is 0 Å². The highest BCUT2D eigenvalue weighted by Crippen LogP contribution is 2.50. The first-order valence-electron chi connectivity index (χ1n) is 10.5. The molecule has 1 aliphatic heterocycles. The van der Waals surface area contributed by atoms with Crippen LogP contribution in [0.3, 0.4) is 0 Å². The van der Waals surface area contributed by atoms with Gasteiger partial charge in [0, 0.05) is 30.0 Å². The van der Waals surface area contributed by atoms with Crippen LogP contribution < -0.4 is 9.47 Å².